The summed E-state index contributed by atoms with van der Waals surface area (Å²) in [6.45, 7) is 16.0. The lowest BCUT2D eigenvalue weighted by Gasteiger charge is -1.97. The van der Waals surface area contributed by atoms with E-state index >= 15 is 0 Å². The summed E-state index contributed by atoms with van der Waals surface area (Å²) in [7, 11) is 0. The van der Waals surface area contributed by atoms with E-state index in [2.05, 4.69) is 22.2 Å². The maximum absolute atomic E-state index is 4.20. The molecule has 2 aromatic carbocycles. The molecule has 2 aromatic heterocycles. The Kier molecular flexibility index (Phi) is 22.2. The quantitative estimate of drug-likeness (QED) is 0.321. The first-order chi connectivity index (χ1) is 14.9. The van der Waals surface area contributed by atoms with E-state index in [0.29, 0.717) is 0 Å². The van der Waals surface area contributed by atoms with Crippen LogP contribution in [0.1, 0.15) is 55.4 Å². The fraction of sp³-hybridized carbons (Fsp3) is 0.308. The zero-order valence-electron chi connectivity index (χ0n) is 19.9. The molecule has 0 bridgehead atoms. The van der Waals surface area contributed by atoms with Gasteiger partial charge in [0.15, 0.2) is 0 Å². The number of benzene rings is 2. The van der Waals surface area contributed by atoms with Crippen LogP contribution in [-0.2, 0) is 0 Å². The van der Waals surface area contributed by atoms with Crippen LogP contribution in [0.15, 0.2) is 90.7 Å². The molecule has 164 valence electrons. The fourth-order valence-electron chi connectivity index (χ4n) is 1.95. The standard InChI is InChI=1S/C9H8N2.C9H7NS.4C2H6/c1-2-5-9(6-3-1)11-8-4-7-10-11;1-2-4-8(5-3-1)9-10-6-7-11-9;4*1-2/h1-8H;1-7H;4*1-2H3. The molecule has 0 saturated carbocycles. The number of aromatic nitrogens is 3. The molecule has 0 N–H and O–H groups in total. The van der Waals surface area contributed by atoms with Crippen LogP contribution in [-0.4, -0.2) is 14.8 Å². The molecule has 0 amide bonds. The molecule has 0 atom stereocenters. The van der Waals surface area contributed by atoms with Gasteiger partial charge in [-0.2, -0.15) is 5.10 Å². The number of hydrogen-bond donors (Lipinski definition) is 0. The van der Waals surface area contributed by atoms with Gasteiger partial charge in [-0.05, 0) is 18.2 Å². The van der Waals surface area contributed by atoms with E-state index < -0.39 is 0 Å². The first kappa shape index (κ1) is 29.5. The topological polar surface area (TPSA) is 30.7 Å². The summed E-state index contributed by atoms with van der Waals surface area (Å²) in [4.78, 5) is 4.20. The Labute approximate surface area is 188 Å². The third-order valence-corrected chi connectivity index (χ3v) is 3.80. The van der Waals surface area contributed by atoms with Gasteiger partial charge in [0.05, 0.1) is 5.69 Å². The second-order valence-corrected chi connectivity index (χ2v) is 5.38. The predicted octanol–water partition coefficient (Wildman–Crippen LogP) is 8.79. The third-order valence-electron chi connectivity index (χ3n) is 2.98. The second-order valence-electron chi connectivity index (χ2n) is 4.49. The average molecular weight is 426 g/mol. The van der Waals surface area contributed by atoms with Crippen molar-refractivity contribution in [1.82, 2.24) is 14.8 Å². The van der Waals surface area contributed by atoms with Crippen LogP contribution in [0.5, 0.6) is 0 Å². The summed E-state index contributed by atoms with van der Waals surface area (Å²) in [5, 5.41) is 7.18. The SMILES string of the molecule is CC.CC.CC.CC.c1ccc(-c2nccs2)cc1.c1ccc(-n2cccn2)cc1. The van der Waals surface area contributed by atoms with Gasteiger partial charge in [0.2, 0.25) is 0 Å². The number of thiazole rings is 1. The van der Waals surface area contributed by atoms with E-state index in [0.717, 1.165) is 10.7 Å². The van der Waals surface area contributed by atoms with Gasteiger partial charge in [-0.25, -0.2) is 9.67 Å². The van der Waals surface area contributed by atoms with E-state index in [1.807, 2.05) is 132 Å². The molecule has 0 aliphatic rings. The van der Waals surface area contributed by atoms with E-state index in [-0.39, 0.29) is 0 Å². The second kappa shape index (κ2) is 22.6. The highest BCUT2D eigenvalue weighted by Crippen LogP contribution is 2.20. The number of para-hydroxylation sites is 1. The summed E-state index contributed by atoms with van der Waals surface area (Å²) >= 11 is 1.66. The lowest BCUT2D eigenvalue weighted by atomic mass is 10.2. The first-order valence-electron chi connectivity index (χ1n) is 10.9. The highest BCUT2D eigenvalue weighted by molar-refractivity contribution is 7.13. The van der Waals surface area contributed by atoms with Crippen LogP contribution in [0.25, 0.3) is 16.3 Å². The molecule has 0 fully saturated rings. The van der Waals surface area contributed by atoms with Gasteiger partial charge in [-0.3, -0.25) is 0 Å². The molecule has 0 aliphatic heterocycles. The van der Waals surface area contributed by atoms with Gasteiger partial charge < -0.3 is 0 Å². The minimum absolute atomic E-state index is 1.09. The van der Waals surface area contributed by atoms with E-state index in [9.17, 15) is 0 Å². The molecule has 0 aliphatic carbocycles. The lowest BCUT2D eigenvalue weighted by Crippen LogP contribution is -1.91. The monoisotopic (exact) mass is 425 g/mol. The maximum Gasteiger partial charge on any atom is 0.123 e. The third kappa shape index (κ3) is 12.0. The van der Waals surface area contributed by atoms with Gasteiger partial charge in [-0.1, -0.05) is 104 Å². The molecule has 0 saturated heterocycles. The highest BCUT2D eigenvalue weighted by Gasteiger charge is 1.96. The van der Waals surface area contributed by atoms with Crippen molar-refractivity contribution in [3.63, 3.8) is 0 Å². The van der Waals surface area contributed by atoms with Gasteiger partial charge in [-0.15, -0.1) is 11.3 Å². The van der Waals surface area contributed by atoms with Gasteiger partial charge in [0, 0.05) is 29.5 Å². The molecule has 30 heavy (non-hydrogen) atoms. The zero-order chi connectivity index (χ0) is 23.0. The van der Waals surface area contributed by atoms with Crippen LogP contribution in [0, 0.1) is 0 Å². The molecule has 0 spiro atoms. The molecule has 4 aromatic rings. The van der Waals surface area contributed by atoms with Crippen LogP contribution in [0.2, 0.25) is 0 Å². The molecule has 4 heteroatoms. The minimum Gasteiger partial charge on any atom is -0.245 e. The number of hydrogen-bond acceptors (Lipinski definition) is 3. The molecule has 0 radical (unpaired) electrons. The molecular weight excluding hydrogens is 386 g/mol. The van der Waals surface area contributed by atoms with Gasteiger partial charge in [0.1, 0.15) is 5.01 Å². The Morgan fingerprint density at radius 2 is 1.17 bits per heavy atom. The van der Waals surface area contributed by atoms with Crippen LogP contribution >= 0.6 is 11.3 Å². The normalized spacial score (nSPS) is 8.00. The Morgan fingerprint density at radius 1 is 0.633 bits per heavy atom. The summed E-state index contributed by atoms with van der Waals surface area (Å²) in [5.41, 5.74) is 2.29. The first-order valence-corrected chi connectivity index (χ1v) is 11.8. The molecule has 3 nitrogen and oxygen atoms in total. The van der Waals surface area contributed by atoms with Gasteiger partial charge in [0.25, 0.3) is 0 Å². The summed E-state index contributed by atoms with van der Waals surface area (Å²) in [6.07, 6.45) is 5.52. The number of rotatable bonds is 2. The van der Waals surface area contributed by atoms with E-state index in [1.54, 1.807) is 17.5 Å². The Morgan fingerprint density at radius 3 is 1.60 bits per heavy atom. The largest absolute Gasteiger partial charge is 0.245 e. The highest BCUT2D eigenvalue weighted by atomic mass is 32.1. The molecule has 0 unspecified atom stereocenters. The van der Waals surface area contributed by atoms with Crippen molar-refractivity contribution in [3.8, 4) is 16.3 Å². The van der Waals surface area contributed by atoms with Crippen molar-refractivity contribution in [1.29, 1.82) is 0 Å². The van der Waals surface area contributed by atoms with E-state index in [4.69, 9.17) is 0 Å². The predicted molar refractivity (Wildman–Crippen MR) is 137 cm³/mol. The Bertz CT molecular complexity index is 696. The van der Waals surface area contributed by atoms with Crippen molar-refractivity contribution in [2.45, 2.75) is 55.4 Å². The fourth-order valence-corrected chi connectivity index (χ4v) is 2.59. The Balaban J connectivity index is 0. The minimum atomic E-state index is 1.09. The maximum atomic E-state index is 4.20. The average Bonchev–Trinajstić information content (AvgIpc) is 3.61. The van der Waals surface area contributed by atoms with Crippen LogP contribution in [0.3, 0.4) is 0 Å². The summed E-state index contributed by atoms with van der Waals surface area (Å²) in [5.74, 6) is 0. The zero-order valence-corrected chi connectivity index (χ0v) is 20.7. The van der Waals surface area contributed by atoms with Crippen molar-refractivity contribution in [2.75, 3.05) is 0 Å². The van der Waals surface area contributed by atoms with Crippen molar-refractivity contribution >= 4 is 11.3 Å². The summed E-state index contributed by atoms with van der Waals surface area (Å²) < 4.78 is 1.83. The van der Waals surface area contributed by atoms with Gasteiger partial charge >= 0.3 is 0 Å². The number of nitrogens with zero attached hydrogens (tertiary/aromatic N) is 3. The molecule has 2 heterocycles. The Hall–Kier alpha value is -2.72. The van der Waals surface area contributed by atoms with Crippen molar-refractivity contribution < 1.29 is 0 Å². The van der Waals surface area contributed by atoms with Crippen LogP contribution in [0.4, 0.5) is 0 Å². The lowest BCUT2D eigenvalue weighted by molar-refractivity contribution is 0.880. The molecular formula is C26H39N3S. The van der Waals surface area contributed by atoms with Crippen molar-refractivity contribution in [2.24, 2.45) is 0 Å². The molecule has 4 rings (SSSR count). The van der Waals surface area contributed by atoms with E-state index in [1.165, 1.54) is 5.56 Å². The summed E-state index contributed by atoms with van der Waals surface area (Å²) in [6, 6.07) is 22.1. The van der Waals surface area contributed by atoms with Crippen LogP contribution < -0.4 is 0 Å². The van der Waals surface area contributed by atoms with Crippen molar-refractivity contribution in [3.05, 3.63) is 90.7 Å². The smallest absolute Gasteiger partial charge is 0.123 e.